The molecule has 0 saturated carbocycles. The van der Waals surface area contributed by atoms with E-state index < -0.39 is 49.4 Å². The molecule has 58 heavy (non-hydrogen) atoms. The van der Waals surface area contributed by atoms with Crippen molar-refractivity contribution >= 4 is 11.9 Å². The van der Waals surface area contributed by atoms with Crippen LogP contribution in [0.15, 0.2) is 24.3 Å². The van der Waals surface area contributed by atoms with Gasteiger partial charge in [0.15, 0.2) is 12.4 Å². The molecular formula is C48H88O10. The van der Waals surface area contributed by atoms with Crippen molar-refractivity contribution in [1.29, 1.82) is 0 Å². The second kappa shape index (κ2) is 39.3. The molecule has 1 aliphatic rings. The van der Waals surface area contributed by atoms with Crippen LogP contribution in [-0.2, 0) is 28.5 Å². The van der Waals surface area contributed by atoms with E-state index in [0.29, 0.717) is 6.42 Å². The van der Waals surface area contributed by atoms with Gasteiger partial charge in [0, 0.05) is 12.8 Å². The van der Waals surface area contributed by atoms with E-state index >= 15 is 0 Å². The van der Waals surface area contributed by atoms with Crippen LogP contribution in [0.1, 0.15) is 213 Å². The lowest BCUT2D eigenvalue weighted by Gasteiger charge is -2.39. The Kier molecular flexibility index (Phi) is 36.7. The van der Waals surface area contributed by atoms with E-state index in [1.165, 1.54) is 148 Å². The number of carbonyl (C=O) groups excluding carboxylic acids is 2. The van der Waals surface area contributed by atoms with Gasteiger partial charge >= 0.3 is 11.9 Å². The van der Waals surface area contributed by atoms with Gasteiger partial charge in [-0.1, -0.05) is 192 Å². The summed E-state index contributed by atoms with van der Waals surface area (Å²) in [5.41, 5.74) is 0. The predicted octanol–water partition coefficient (Wildman–Crippen LogP) is 10.5. The second-order valence-corrected chi connectivity index (χ2v) is 16.6. The lowest BCUT2D eigenvalue weighted by molar-refractivity contribution is -0.305. The van der Waals surface area contributed by atoms with Crippen LogP contribution in [0.2, 0.25) is 0 Å². The minimum Gasteiger partial charge on any atom is -0.462 e. The van der Waals surface area contributed by atoms with Gasteiger partial charge in [-0.05, 0) is 32.1 Å². The summed E-state index contributed by atoms with van der Waals surface area (Å²) in [4.78, 5) is 25.3. The molecular weight excluding hydrogens is 737 g/mol. The van der Waals surface area contributed by atoms with Gasteiger partial charge in [-0.2, -0.15) is 0 Å². The number of hydrogen-bond donors (Lipinski definition) is 4. The first kappa shape index (κ1) is 54.2. The Bertz CT molecular complexity index is 1000. The molecule has 0 amide bonds. The number of aliphatic hydroxyl groups is 4. The summed E-state index contributed by atoms with van der Waals surface area (Å²) >= 11 is 0. The summed E-state index contributed by atoms with van der Waals surface area (Å²) in [6.45, 7) is 3.38. The number of esters is 2. The van der Waals surface area contributed by atoms with E-state index in [9.17, 15) is 30.0 Å². The Morgan fingerprint density at radius 2 is 1.00 bits per heavy atom. The number of aliphatic hydroxyl groups excluding tert-OH is 4. The molecule has 1 saturated heterocycles. The Morgan fingerprint density at radius 1 is 0.534 bits per heavy atom. The quantitative estimate of drug-likeness (QED) is 0.0267. The zero-order valence-electron chi connectivity index (χ0n) is 37.1. The Morgan fingerprint density at radius 3 is 1.50 bits per heavy atom. The molecule has 0 spiro atoms. The predicted molar refractivity (Wildman–Crippen MR) is 233 cm³/mol. The van der Waals surface area contributed by atoms with Gasteiger partial charge in [0.2, 0.25) is 0 Å². The summed E-state index contributed by atoms with van der Waals surface area (Å²) in [5.74, 6) is -0.875. The average Bonchev–Trinajstić information content (AvgIpc) is 3.22. The minimum atomic E-state index is -1.60. The lowest BCUT2D eigenvalue weighted by atomic mass is 9.99. The Balaban J connectivity index is 2.28. The molecule has 0 radical (unpaired) electrons. The van der Waals surface area contributed by atoms with E-state index in [2.05, 4.69) is 26.0 Å². The van der Waals surface area contributed by atoms with Crippen molar-refractivity contribution in [3.63, 3.8) is 0 Å². The average molecular weight is 825 g/mol. The summed E-state index contributed by atoms with van der Waals surface area (Å²) in [7, 11) is 0. The van der Waals surface area contributed by atoms with Crippen molar-refractivity contribution < 1.29 is 49.0 Å². The van der Waals surface area contributed by atoms with Crippen LogP contribution in [0.3, 0.4) is 0 Å². The smallest absolute Gasteiger partial charge is 0.306 e. The van der Waals surface area contributed by atoms with E-state index in [1.807, 2.05) is 12.2 Å². The normalized spacial score (nSPS) is 20.3. The van der Waals surface area contributed by atoms with E-state index in [-0.39, 0.29) is 32.0 Å². The first-order valence-corrected chi connectivity index (χ1v) is 23.9. The summed E-state index contributed by atoms with van der Waals surface area (Å²) in [6.07, 6.45) is 36.4. The summed E-state index contributed by atoms with van der Waals surface area (Å²) in [5, 5.41) is 40.1. The first-order chi connectivity index (χ1) is 28.3. The van der Waals surface area contributed by atoms with Gasteiger partial charge in [0.1, 0.15) is 31.0 Å². The zero-order valence-corrected chi connectivity index (χ0v) is 37.1. The third-order valence-corrected chi connectivity index (χ3v) is 11.1. The van der Waals surface area contributed by atoms with Crippen molar-refractivity contribution in [2.24, 2.45) is 0 Å². The topological polar surface area (TPSA) is 152 Å². The van der Waals surface area contributed by atoms with Gasteiger partial charge in [0.25, 0.3) is 0 Å². The Labute approximate surface area is 353 Å². The molecule has 1 fully saturated rings. The molecule has 10 heteroatoms. The van der Waals surface area contributed by atoms with Crippen LogP contribution >= 0.6 is 0 Å². The molecule has 4 N–H and O–H groups in total. The monoisotopic (exact) mass is 825 g/mol. The molecule has 6 atom stereocenters. The number of carbonyl (C=O) groups is 2. The summed E-state index contributed by atoms with van der Waals surface area (Å²) in [6, 6.07) is 0. The highest BCUT2D eigenvalue weighted by molar-refractivity contribution is 5.70. The van der Waals surface area contributed by atoms with Crippen LogP contribution < -0.4 is 0 Å². The zero-order chi connectivity index (χ0) is 42.3. The maximum Gasteiger partial charge on any atom is 0.306 e. The molecule has 10 nitrogen and oxygen atoms in total. The molecule has 0 aromatic rings. The third-order valence-electron chi connectivity index (χ3n) is 11.1. The molecule has 0 aliphatic carbocycles. The number of allylic oxidation sites excluding steroid dienone is 4. The fourth-order valence-corrected chi connectivity index (χ4v) is 7.30. The molecule has 340 valence electrons. The number of rotatable bonds is 40. The fourth-order valence-electron chi connectivity index (χ4n) is 7.30. The molecule has 3 unspecified atom stereocenters. The highest BCUT2D eigenvalue weighted by Crippen LogP contribution is 2.23. The SMILES string of the molecule is CCCCCCCC/C=C/C/C=C/CCC(=O)OC(COC(=O)CCCCCCCCCCCCCCCCCCCCCC)CO[C@H]1O[C@@H](CO)[C@@H](O)C(O)C1O. The van der Waals surface area contributed by atoms with Crippen LogP contribution in [0.5, 0.6) is 0 Å². The molecule has 1 rings (SSSR count). The second-order valence-electron chi connectivity index (χ2n) is 16.6. The highest BCUT2D eigenvalue weighted by Gasteiger charge is 2.44. The third kappa shape index (κ3) is 30.2. The van der Waals surface area contributed by atoms with Crippen LogP contribution in [0.4, 0.5) is 0 Å². The highest BCUT2D eigenvalue weighted by atomic mass is 16.7. The van der Waals surface area contributed by atoms with Gasteiger partial charge in [-0.25, -0.2) is 0 Å². The molecule has 1 aliphatic heterocycles. The van der Waals surface area contributed by atoms with Gasteiger partial charge in [0.05, 0.1) is 13.2 Å². The van der Waals surface area contributed by atoms with E-state index in [0.717, 1.165) is 32.1 Å². The maximum atomic E-state index is 12.7. The molecule has 0 aromatic carbocycles. The lowest BCUT2D eigenvalue weighted by Crippen LogP contribution is -2.59. The van der Waals surface area contributed by atoms with E-state index in [4.69, 9.17) is 18.9 Å². The van der Waals surface area contributed by atoms with Gasteiger partial charge < -0.3 is 39.4 Å². The molecule has 1 heterocycles. The van der Waals surface area contributed by atoms with E-state index in [1.54, 1.807) is 0 Å². The Hall–Kier alpha value is -1.82. The summed E-state index contributed by atoms with van der Waals surface area (Å²) < 4.78 is 22.1. The minimum absolute atomic E-state index is 0.127. The van der Waals surface area contributed by atoms with Crippen LogP contribution in [-0.4, -0.2) is 89.0 Å². The number of ether oxygens (including phenoxy) is 4. The number of unbranched alkanes of at least 4 members (excludes halogenated alkanes) is 25. The van der Waals surface area contributed by atoms with Crippen molar-refractivity contribution in [1.82, 2.24) is 0 Å². The van der Waals surface area contributed by atoms with Crippen molar-refractivity contribution in [3.05, 3.63) is 24.3 Å². The molecule has 0 bridgehead atoms. The largest absolute Gasteiger partial charge is 0.462 e. The maximum absolute atomic E-state index is 12.7. The van der Waals surface area contributed by atoms with Crippen LogP contribution in [0.25, 0.3) is 0 Å². The van der Waals surface area contributed by atoms with Crippen molar-refractivity contribution in [2.45, 2.75) is 250 Å². The molecule has 0 aromatic heterocycles. The number of hydrogen-bond acceptors (Lipinski definition) is 10. The van der Waals surface area contributed by atoms with Crippen molar-refractivity contribution in [2.75, 3.05) is 19.8 Å². The first-order valence-electron chi connectivity index (χ1n) is 23.9. The van der Waals surface area contributed by atoms with Gasteiger partial charge in [-0.3, -0.25) is 9.59 Å². The van der Waals surface area contributed by atoms with Gasteiger partial charge in [-0.15, -0.1) is 0 Å². The van der Waals surface area contributed by atoms with Crippen LogP contribution in [0, 0.1) is 0 Å². The fraction of sp³-hybridized carbons (Fsp3) is 0.875. The van der Waals surface area contributed by atoms with Crippen molar-refractivity contribution in [3.8, 4) is 0 Å². The standard InChI is InChI=1S/C48H88O10/c1-3-5-7-9-11-13-15-17-18-19-20-21-22-23-25-26-28-30-32-34-36-43(50)55-39-41(40-56-48-47(54)46(53)45(52)42(38-49)58-48)57-44(51)37-35-33-31-29-27-24-16-14-12-10-8-6-4-2/h24,27,31,33,41-42,45-49,52-54H,3-23,25-26,28-30,32,34-40H2,1-2H3/b27-24+,33-31+/t41?,42-,45+,46?,47?,48-/m0/s1.